The minimum Gasteiger partial charge on any atom is -0.454 e. The number of carbonyl (C=O) groups is 3. The standard InChI is InChI=1S/C28H26N4O5/c1-16-22(13-30-27(34)17-6-7-24-25(10-17)37-15-36-24)19-8-9-32(14-18(19)12-29-16)26(33)11-23-20-4-2-3-5-21(20)28(35)31-23/h2-7,10,12,23H,8-9,11,13-15H2,1H3,(H,30,34)(H,31,35)/t23-/m0/s1. The molecule has 9 nitrogen and oxygen atoms in total. The fraction of sp³-hybridized carbons (Fsp3) is 0.286. The lowest BCUT2D eigenvalue weighted by molar-refractivity contribution is -0.132. The molecule has 0 saturated carbocycles. The average molecular weight is 499 g/mol. The molecule has 0 unspecified atom stereocenters. The molecular formula is C28H26N4O5. The summed E-state index contributed by atoms with van der Waals surface area (Å²) >= 11 is 0. The lowest BCUT2D eigenvalue weighted by Gasteiger charge is -2.31. The van der Waals surface area contributed by atoms with Crippen molar-refractivity contribution in [1.29, 1.82) is 0 Å². The third-order valence-corrected chi connectivity index (χ3v) is 7.27. The van der Waals surface area contributed by atoms with Crippen molar-refractivity contribution in [3.63, 3.8) is 0 Å². The molecule has 0 spiro atoms. The Bertz CT molecular complexity index is 1440. The SMILES string of the molecule is Cc1ncc2c(c1CNC(=O)c1ccc3c(c1)OCO3)CCN(C(=O)C[C@@H]1NC(=O)c3ccccc31)C2. The predicted octanol–water partition coefficient (Wildman–Crippen LogP) is 2.81. The summed E-state index contributed by atoms with van der Waals surface area (Å²) in [4.78, 5) is 44.6. The van der Waals surface area contributed by atoms with Crippen LogP contribution in [-0.2, 0) is 24.3 Å². The third kappa shape index (κ3) is 4.26. The van der Waals surface area contributed by atoms with Crippen molar-refractivity contribution in [1.82, 2.24) is 20.5 Å². The van der Waals surface area contributed by atoms with Crippen molar-refractivity contribution >= 4 is 17.7 Å². The second-order valence-corrected chi connectivity index (χ2v) is 9.46. The van der Waals surface area contributed by atoms with Gasteiger partial charge in [-0.1, -0.05) is 18.2 Å². The molecule has 4 heterocycles. The van der Waals surface area contributed by atoms with Crippen LogP contribution in [0.25, 0.3) is 0 Å². The molecule has 188 valence electrons. The summed E-state index contributed by atoms with van der Waals surface area (Å²) in [5.74, 6) is 0.845. The van der Waals surface area contributed by atoms with Gasteiger partial charge < -0.3 is 25.0 Å². The maximum Gasteiger partial charge on any atom is 0.252 e. The van der Waals surface area contributed by atoms with E-state index in [1.807, 2.05) is 36.2 Å². The van der Waals surface area contributed by atoms with Crippen LogP contribution in [0.5, 0.6) is 11.5 Å². The van der Waals surface area contributed by atoms with Crippen LogP contribution in [0.1, 0.15) is 61.1 Å². The van der Waals surface area contributed by atoms with Gasteiger partial charge in [0.2, 0.25) is 12.7 Å². The summed E-state index contributed by atoms with van der Waals surface area (Å²) in [5, 5.41) is 5.92. The van der Waals surface area contributed by atoms with E-state index in [0.29, 0.717) is 48.7 Å². The van der Waals surface area contributed by atoms with Crippen LogP contribution in [-0.4, -0.2) is 40.9 Å². The number of hydrogen-bond donors (Lipinski definition) is 2. The minimum absolute atomic E-state index is 0.00844. The zero-order valence-corrected chi connectivity index (χ0v) is 20.4. The van der Waals surface area contributed by atoms with Gasteiger partial charge in [-0.25, -0.2) is 0 Å². The molecular weight excluding hydrogens is 472 g/mol. The van der Waals surface area contributed by atoms with E-state index in [0.717, 1.165) is 27.9 Å². The monoisotopic (exact) mass is 498 g/mol. The van der Waals surface area contributed by atoms with Gasteiger partial charge >= 0.3 is 0 Å². The van der Waals surface area contributed by atoms with E-state index in [-0.39, 0.29) is 37.0 Å². The van der Waals surface area contributed by atoms with Gasteiger partial charge in [0.25, 0.3) is 11.8 Å². The fourth-order valence-corrected chi connectivity index (χ4v) is 5.26. The van der Waals surface area contributed by atoms with Crippen LogP contribution >= 0.6 is 0 Å². The van der Waals surface area contributed by atoms with Crippen molar-refractivity contribution in [2.24, 2.45) is 0 Å². The van der Waals surface area contributed by atoms with Gasteiger partial charge in [-0.2, -0.15) is 0 Å². The highest BCUT2D eigenvalue weighted by Gasteiger charge is 2.32. The molecule has 0 radical (unpaired) electrons. The lowest BCUT2D eigenvalue weighted by atomic mass is 9.94. The Morgan fingerprint density at radius 1 is 1.16 bits per heavy atom. The fourth-order valence-electron chi connectivity index (χ4n) is 5.26. The van der Waals surface area contributed by atoms with Gasteiger partial charge in [-0.05, 0) is 59.9 Å². The van der Waals surface area contributed by atoms with Crippen LogP contribution in [0.15, 0.2) is 48.7 Å². The van der Waals surface area contributed by atoms with E-state index in [4.69, 9.17) is 9.47 Å². The highest BCUT2D eigenvalue weighted by atomic mass is 16.7. The van der Waals surface area contributed by atoms with Gasteiger partial charge in [-0.3, -0.25) is 19.4 Å². The number of rotatable bonds is 5. The van der Waals surface area contributed by atoms with E-state index in [1.165, 1.54) is 0 Å². The van der Waals surface area contributed by atoms with Crippen molar-refractivity contribution in [2.45, 2.75) is 38.9 Å². The molecule has 0 saturated heterocycles. The molecule has 0 bridgehead atoms. The molecule has 2 aromatic carbocycles. The van der Waals surface area contributed by atoms with Crippen LogP contribution in [0.3, 0.4) is 0 Å². The molecule has 2 N–H and O–H groups in total. The number of pyridine rings is 1. The second-order valence-electron chi connectivity index (χ2n) is 9.46. The summed E-state index contributed by atoms with van der Waals surface area (Å²) in [7, 11) is 0. The Kier molecular flexibility index (Phi) is 5.75. The Labute approximate surface area is 213 Å². The highest BCUT2D eigenvalue weighted by Crippen LogP contribution is 2.33. The van der Waals surface area contributed by atoms with Crippen LogP contribution in [0.4, 0.5) is 0 Å². The molecule has 3 aliphatic rings. The van der Waals surface area contributed by atoms with E-state index >= 15 is 0 Å². The molecule has 1 aromatic heterocycles. The molecule has 6 rings (SSSR count). The average Bonchev–Trinajstić information content (AvgIpc) is 3.51. The Hall–Kier alpha value is -4.40. The maximum absolute atomic E-state index is 13.2. The lowest BCUT2D eigenvalue weighted by Crippen LogP contribution is -2.38. The first-order valence-corrected chi connectivity index (χ1v) is 12.3. The largest absolute Gasteiger partial charge is 0.454 e. The number of aryl methyl sites for hydroxylation is 1. The molecule has 9 heteroatoms. The maximum atomic E-state index is 13.2. The zero-order chi connectivity index (χ0) is 25.5. The van der Waals surface area contributed by atoms with Crippen LogP contribution < -0.4 is 20.1 Å². The smallest absolute Gasteiger partial charge is 0.252 e. The van der Waals surface area contributed by atoms with Gasteiger partial charge in [0.05, 0.1) is 12.5 Å². The number of nitrogens with one attached hydrogen (secondary N) is 2. The summed E-state index contributed by atoms with van der Waals surface area (Å²) in [5.41, 5.74) is 5.95. The summed E-state index contributed by atoms with van der Waals surface area (Å²) < 4.78 is 10.7. The van der Waals surface area contributed by atoms with Gasteiger partial charge in [0.15, 0.2) is 11.5 Å². The summed E-state index contributed by atoms with van der Waals surface area (Å²) in [6, 6.07) is 12.2. The van der Waals surface area contributed by atoms with E-state index in [1.54, 1.807) is 24.3 Å². The second kappa shape index (κ2) is 9.24. The topological polar surface area (TPSA) is 110 Å². The number of carbonyl (C=O) groups excluding carboxylic acids is 3. The Balaban J connectivity index is 1.13. The first-order chi connectivity index (χ1) is 18.0. The zero-order valence-electron chi connectivity index (χ0n) is 20.4. The van der Waals surface area contributed by atoms with E-state index in [9.17, 15) is 14.4 Å². The van der Waals surface area contributed by atoms with Gasteiger partial charge in [-0.15, -0.1) is 0 Å². The van der Waals surface area contributed by atoms with Crippen molar-refractivity contribution in [2.75, 3.05) is 13.3 Å². The summed E-state index contributed by atoms with van der Waals surface area (Å²) in [6.07, 6.45) is 2.71. The molecule has 0 fully saturated rings. The molecule has 37 heavy (non-hydrogen) atoms. The summed E-state index contributed by atoms with van der Waals surface area (Å²) in [6.45, 7) is 3.45. The highest BCUT2D eigenvalue weighted by molar-refractivity contribution is 5.99. The van der Waals surface area contributed by atoms with Crippen molar-refractivity contribution in [3.8, 4) is 11.5 Å². The number of aromatic nitrogens is 1. The van der Waals surface area contributed by atoms with Crippen molar-refractivity contribution < 1.29 is 23.9 Å². The number of hydrogen-bond acceptors (Lipinski definition) is 6. The molecule has 3 amide bonds. The number of fused-ring (bicyclic) bond motifs is 3. The van der Waals surface area contributed by atoms with E-state index < -0.39 is 0 Å². The Morgan fingerprint density at radius 3 is 2.89 bits per heavy atom. The van der Waals surface area contributed by atoms with Gasteiger partial charge in [0, 0.05) is 42.7 Å². The quantitative estimate of drug-likeness (QED) is 0.560. The van der Waals surface area contributed by atoms with Gasteiger partial charge in [0.1, 0.15) is 0 Å². The minimum atomic E-state index is -0.310. The van der Waals surface area contributed by atoms with E-state index in [2.05, 4.69) is 15.6 Å². The number of nitrogens with zero attached hydrogens (tertiary/aromatic N) is 2. The normalized spacial score (nSPS) is 17.2. The first-order valence-electron chi connectivity index (χ1n) is 12.3. The molecule has 0 aliphatic carbocycles. The predicted molar refractivity (Wildman–Crippen MR) is 133 cm³/mol. The molecule has 1 atom stereocenters. The van der Waals surface area contributed by atoms with Crippen LogP contribution in [0.2, 0.25) is 0 Å². The number of benzene rings is 2. The van der Waals surface area contributed by atoms with Crippen LogP contribution in [0, 0.1) is 6.92 Å². The van der Waals surface area contributed by atoms with Crippen molar-refractivity contribution in [3.05, 3.63) is 87.7 Å². The molecule has 3 aliphatic heterocycles. The number of ether oxygens (including phenoxy) is 2. The number of amides is 3. The third-order valence-electron chi connectivity index (χ3n) is 7.27. The Morgan fingerprint density at radius 2 is 2.00 bits per heavy atom. The first kappa shape index (κ1) is 23.0. The molecule has 3 aromatic rings.